The quantitative estimate of drug-likeness (QED) is 0.252. The molecule has 212 valence electrons. The average molecular weight is 539 g/mol. The van der Waals surface area contributed by atoms with Crippen LogP contribution in [0.3, 0.4) is 0 Å². The molecule has 1 aromatic carbocycles. The largest absolute Gasteiger partial charge is 0.493 e. The summed E-state index contributed by atoms with van der Waals surface area (Å²) >= 11 is 0. The van der Waals surface area contributed by atoms with Gasteiger partial charge in [-0.1, -0.05) is 12.8 Å². The molecule has 0 unspecified atom stereocenters. The lowest BCUT2D eigenvalue weighted by Crippen LogP contribution is -2.33. The second kappa shape index (κ2) is 12.7. The Morgan fingerprint density at radius 1 is 0.923 bits per heavy atom. The van der Waals surface area contributed by atoms with Crippen molar-refractivity contribution in [3.05, 3.63) is 24.0 Å². The van der Waals surface area contributed by atoms with Crippen LogP contribution in [-0.4, -0.2) is 66.0 Å². The molecule has 2 aliphatic rings. The van der Waals surface area contributed by atoms with Crippen LogP contribution in [-0.2, 0) is 6.54 Å². The van der Waals surface area contributed by atoms with E-state index in [9.17, 15) is 0 Å². The number of fused-ring (bicyclic) bond motifs is 1. The topological polar surface area (TPSA) is 133 Å². The number of hydrogen-bond acceptors (Lipinski definition) is 10. The smallest absolute Gasteiger partial charge is 0.227 e. The Morgan fingerprint density at radius 2 is 1.64 bits per heavy atom. The maximum Gasteiger partial charge on any atom is 0.227 e. The van der Waals surface area contributed by atoms with Gasteiger partial charge in [-0.2, -0.15) is 9.97 Å². The summed E-state index contributed by atoms with van der Waals surface area (Å²) in [6, 6.07) is 5.03. The first kappa shape index (κ1) is 27.3. The molecule has 0 amide bonds. The number of imidazole rings is 1. The van der Waals surface area contributed by atoms with Crippen molar-refractivity contribution in [3.63, 3.8) is 0 Å². The molecule has 0 saturated heterocycles. The van der Waals surface area contributed by atoms with Crippen LogP contribution in [0.5, 0.6) is 17.2 Å². The van der Waals surface area contributed by atoms with Crippen LogP contribution in [0.25, 0.3) is 11.2 Å². The van der Waals surface area contributed by atoms with Gasteiger partial charge in [0, 0.05) is 37.8 Å². The first-order valence-electron chi connectivity index (χ1n) is 14.1. The van der Waals surface area contributed by atoms with Crippen LogP contribution in [0.4, 0.5) is 11.8 Å². The molecule has 5 N–H and O–H groups in total. The summed E-state index contributed by atoms with van der Waals surface area (Å²) in [7, 11) is 4.86. The van der Waals surface area contributed by atoms with Gasteiger partial charge in [0.2, 0.25) is 11.7 Å². The van der Waals surface area contributed by atoms with Gasteiger partial charge in [-0.15, -0.1) is 0 Å². The molecule has 3 aromatic rings. The standard InChI is InChI=1S/C28H42N8O3/c1-37-22-14-18(15-23(38-2)25(22)39-3)16-30-12-13-31-26-24-27(36(17-32-24)21-6-4-5-7-21)35-28(34-26)33-20-10-8-19(29)9-11-20/h14-15,17,19-21,30H,4-13,16,29H2,1-3H3,(H2,31,33,34,35). The van der Waals surface area contributed by atoms with Crippen LogP contribution in [0.2, 0.25) is 0 Å². The first-order valence-corrected chi connectivity index (χ1v) is 14.1. The van der Waals surface area contributed by atoms with Gasteiger partial charge >= 0.3 is 0 Å². The maximum absolute atomic E-state index is 6.12. The second-order valence-electron chi connectivity index (χ2n) is 10.6. The number of ether oxygens (including phenoxy) is 3. The van der Waals surface area contributed by atoms with E-state index in [1.165, 1.54) is 25.7 Å². The number of rotatable bonds is 12. The monoisotopic (exact) mass is 538 g/mol. The highest BCUT2D eigenvalue weighted by Crippen LogP contribution is 2.38. The maximum atomic E-state index is 6.12. The van der Waals surface area contributed by atoms with Crippen molar-refractivity contribution in [3.8, 4) is 17.2 Å². The van der Waals surface area contributed by atoms with Gasteiger partial charge in [0.05, 0.1) is 27.7 Å². The summed E-state index contributed by atoms with van der Waals surface area (Å²) in [6.45, 7) is 2.07. The Hall–Kier alpha value is -3.31. The van der Waals surface area contributed by atoms with Crippen molar-refractivity contribution < 1.29 is 14.2 Å². The minimum Gasteiger partial charge on any atom is -0.493 e. The third-order valence-electron chi connectivity index (χ3n) is 7.89. The van der Waals surface area contributed by atoms with Crippen LogP contribution < -0.4 is 35.9 Å². The van der Waals surface area contributed by atoms with Crippen molar-refractivity contribution in [2.24, 2.45) is 5.73 Å². The molecule has 11 nitrogen and oxygen atoms in total. The number of methoxy groups -OCH3 is 3. The lowest BCUT2D eigenvalue weighted by Gasteiger charge is -2.27. The fourth-order valence-corrected chi connectivity index (χ4v) is 5.74. The first-order chi connectivity index (χ1) is 19.1. The molecule has 2 saturated carbocycles. The van der Waals surface area contributed by atoms with E-state index in [2.05, 4.69) is 20.5 Å². The fraction of sp³-hybridized carbons (Fsp3) is 0.607. The zero-order valence-corrected chi connectivity index (χ0v) is 23.3. The number of nitrogens with one attached hydrogen (secondary N) is 3. The number of anilines is 2. The van der Waals surface area contributed by atoms with E-state index in [1.54, 1.807) is 21.3 Å². The molecule has 39 heavy (non-hydrogen) atoms. The van der Waals surface area contributed by atoms with E-state index in [0.29, 0.717) is 54.4 Å². The summed E-state index contributed by atoms with van der Waals surface area (Å²) in [5.74, 6) is 3.31. The predicted molar refractivity (Wildman–Crippen MR) is 153 cm³/mol. The van der Waals surface area contributed by atoms with Gasteiger partial charge < -0.3 is 40.5 Å². The molecule has 2 aromatic heterocycles. The molecule has 2 heterocycles. The van der Waals surface area contributed by atoms with E-state index in [0.717, 1.165) is 54.8 Å². The lowest BCUT2D eigenvalue weighted by molar-refractivity contribution is 0.323. The normalized spacial score (nSPS) is 19.8. The Morgan fingerprint density at radius 3 is 2.31 bits per heavy atom. The Kier molecular flexibility index (Phi) is 8.88. The Balaban J connectivity index is 1.26. The van der Waals surface area contributed by atoms with Crippen LogP contribution in [0.15, 0.2) is 18.5 Å². The van der Waals surface area contributed by atoms with Gasteiger partial charge in [-0.3, -0.25) is 0 Å². The highest BCUT2D eigenvalue weighted by molar-refractivity contribution is 5.84. The molecular weight excluding hydrogens is 496 g/mol. The number of nitrogens with two attached hydrogens (primary N) is 1. The lowest BCUT2D eigenvalue weighted by atomic mass is 9.92. The molecule has 0 bridgehead atoms. The third kappa shape index (κ3) is 6.30. The van der Waals surface area contributed by atoms with E-state index in [-0.39, 0.29) is 0 Å². The highest BCUT2D eigenvalue weighted by Gasteiger charge is 2.24. The molecule has 11 heteroatoms. The number of nitrogens with zero attached hydrogens (tertiary/aromatic N) is 4. The van der Waals surface area contributed by atoms with Crippen molar-refractivity contribution in [2.75, 3.05) is 45.1 Å². The molecule has 2 aliphatic carbocycles. The van der Waals surface area contributed by atoms with E-state index in [1.807, 2.05) is 18.5 Å². The van der Waals surface area contributed by atoms with E-state index in [4.69, 9.17) is 34.9 Å². The second-order valence-corrected chi connectivity index (χ2v) is 10.6. The van der Waals surface area contributed by atoms with Crippen molar-refractivity contribution >= 4 is 22.9 Å². The minimum absolute atomic E-state index is 0.306. The van der Waals surface area contributed by atoms with Crippen molar-refractivity contribution in [1.29, 1.82) is 0 Å². The Labute approximate surface area is 230 Å². The molecule has 2 fully saturated rings. The van der Waals surface area contributed by atoms with Gasteiger partial charge in [-0.25, -0.2) is 4.98 Å². The summed E-state index contributed by atoms with van der Waals surface area (Å²) in [5, 5.41) is 10.6. The zero-order valence-electron chi connectivity index (χ0n) is 23.3. The summed E-state index contributed by atoms with van der Waals surface area (Å²) in [6.07, 6.45) is 10.9. The molecule has 5 rings (SSSR count). The van der Waals surface area contributed by atoms with Crippen molar-refractivity contribution in [1.82, 2.24) is 24.8 Å². The Bertz CT molecular complexity index is 1210. The minimum atomic E-state index is 0.306. The summed E-state index contributed by atoms with van der Waals surface area (Å²) in [4.78, 5) is 14.5. The number of benzene rings is 1. The van der Waals surface area contributed by atoms with E-state index >= 15 is 0 Å². The van der Waals surface area contributed by atoms with Gasteiger partial charge in [-0.05, 0) is 56.2 Å². The average Bonchev–Trinajstić information content (AvgIpc) is 3.63. The molecular formula is C28H42N8O3. The van der Waals surface area contributed by atoms with Gasteiger partial charge in [0.1, 0.15) is 0 Å². The van der Waals surface area contributed by atoms with Crippen LogP contribution in [0, 0.1) is 0 Å². The van der Waals surface area contributed by atoms with E-state index < -0.39 is 0 Å². The summed E-state index contributed by atoms with van der Waals surface area (Å²) in [5.41, 5.74) is 8.89. The summed E-state index contributed by atoms with van der Waals surface area (Å²) < 4.78 is 18.6. The van der Waals surface area contributed by atoms with Crippen LogP contribution >= 0.6 is 0 Å². The zero-order chi connectivity index (χ0) is 27.2. The number of aromatic nitrogens is 4. The molecule has 0 radical (unpaired) electrons. The highest BCUT2D eigenvalue weighted by atomic mass is 16.5. The van der Waals surface area contributed by atoms with Gasteiger partial charge in [0.25, 0.3) is 0 Å². The molecule has 0 atom stereocenters. The predicted octanol–water partition coefficient (Wildman–Crippen LogP) is 3.85. The SMILES string of the molecule is COc1cc(CNCCNc2nc(NC3CCC(N)CC3)nc3c2ncn3C2CCCC2)cc(OC)c1OC. The fourth-order valence-electron chi connectivity index (χ4n) is 5.74. The third-order valence-corrected chi connectivity index (χ3v) is 7.89. The van der Waals surface area contributed by atoms with Crippen molar-refractivity contribution in [2.45, 2.75) is 76.0 Å². The van der Waals surface area contributed by atoms with Gasteiger partial charge in [0.15, 0.2) is 28.5 Å². The van der Waals surface area contributed by atoms with Crippen LogP contribution in [0.1, 0.15) is 63.0 Å². The molecule has 0 aliphatic heterocycles. The number of hydrogen-bond donors (Lipinski definition) is 4. The molecule has 0 spiro atoms.